The van der Waals surface area contributed by atoms with Gasteiger partial charge in [-0.05, 0) is 26.0 Å². The van der Waals surface area contributed by atoms with Crippen molar-refractivity contribution >= 4 is 38.3 Å². The quantitative estimate of drug-likeness (QED) is 0.652. The van der Waals surface area contributed by atoms with E-state index in [2.05, 4.69) is 18.5 Å². The van der Waals surface area contributed by atoms with Crippen LogP contribution in [-0.4, -0.2) is 51.7 Å². The van der Waals surface area contributed by atoms with Crippen LogP contribution < -0.4 is 10.2 Å². The van der Waals surface area contributed by atoms with E-state index in [4.69, 9.17) is 0 Å². The van der Waals surface area contributed by atoms with Crippen LogP contribution in [-0.2, 0) is 19.6 Å². The summed E-state index contributed by atoms with van der Waals surface area (Å²) >= 11 is 0. The first-order chi connectivity index (χ1) is 14.0. The maximum atomic E-state index is 13.5. The number of rotatable bonds is 8. The van der Waals surface area contributed by atoms with Crippen molar-refractivity contribution in [3.8, 4) is 0 Å². The van der Waals surface area contributed by atoms with E-state index >= 15 is 0 Å². The standard InChI is InChI=1S/C22H27N3O4S/c1-15(2)21(26)23-13-14-25(22(27)16(3)4)30(28,29)20-12-8-9-17-18(20)10-7-11-19(17)24(5)6/h7-12H,1,3,13-14H2,2,4-6H3,(H,23,26). The number of benzene rings is 2. The molecule has 0 fully saturated rings. The maximum absolute atomic E-state index is 13.5. The second kappa shape index (κ2) is 9.13. The van der Waals surface area contributed by atoms with Crippen molar-refractivity contribution in [3.63, 3.8) is 0 Å². The Labute approximate surface area is 177 Å². The zero-order valence-corrected chi connectivity index (χ0v) is 18.5. The van der Waals surface area contributed by atoms with Gasteiger partial charge in [-0.2, -0.15) is 0 Å². The number of anilines is 1. The Bertz CT molecular complexity index is 1120. The number of hydrogen-bond acceptors (Lipinski definition) is 5. The highest BCUT2D eigenvalue weighted by molar-refractivity contribution is 7.90. The van der Waals surface area contributed by atoms with Crippen LogP contribution in [0.4, 0.5) is 5.69 Å². The molecule has 0 aromatic heterocycles. The number of carbonyl (C=O) groups excluding carboxylic acids is 2. The molecule has 160 valence electrons. The van der Waals surface area contributed by atoms with E-state index in [9.17, 15) is 18.0 Å². The highest BCUT2D eigenvalue weighted by atomic mass is 32.2. The Morgan fingerprint density at radius 2 is 1.57 bits per heavy atom. The molecule has 30 heavy (non-hydrogen) atoms. The van der Waals surface area contributed by atoms with Gasteiger partial charge in [0.25, 0.3) is 15.9 Å². The van der Waals surface area contributed by atoms with Crippen LogP contribution >= 0.6 is 0 Å². The molecule has 7 nitrogen and oxygen atoms in total. The van der Waals surface area contributed by atoms with Gasteiger partial charge in [0.05, 0.1) is 11.4 Å². The first-order valence-corrected chi connectivity index (χ1v) is 10.8. The van der Waals surface area contributed by atoms with Crippen LogP contribution in [0.5, 0.6) is 0 Å². The fourth-order valence-corrected chi connectivity index (χ4v) is 4.61. The molecule has 0 radical (unpaired) electrons. The van der Waals surface area contributed by atoms with Crippen molar-refractivity contribution in [3.05, 3.63) is 60.7 Å². The van der Waals surface area contributed by atoms with Gasteiger partial charge in [0.1, 0.15) is 0 Å². The molecule has 0 spiro atoms. The number of nitrogens with zero attached hydrogens (tertiary/aromatic N) is 2. The minimum absolute atomic E-state index is 0.0181. The number of hydrogen-bond donors (Lipinski definition) is 1. The first-order valence-electron chi connectivity index (χ1n) is 9.33. The summed E-state index contributed by atoms with van der Waals surface area (Å²) < 4.78 is 27.8. The average molecular weight is 430 g/mol. The maximum Gasteiger partial charge on any atom is 0.267 e. The summed E-state index contributed by atoms with van der Waals surface area (Å²) in [6.07, 6.45) is 0. The third-order valence-corrected chi connectivity index (χ3v) is 6.33. The largest absolute Gasteiger partial charge is 0.377 e. The predicted octanol–water partition coefficient (Wildman–Crippen LogP) is 2.69. The summed E-state index contributed by atoms with van der Waals surface area (Å²) in [5, 5.41) is 3.82. The van der Waals surface area contributed by atoms with E-state index in [-0.39, 0.29) is 23.6 Å². The Hall–Kier alpha value is -3.13. The molecule has 2 aromatic carbocycles. The molecule has 0 saturated carbocycles. The van der Waals surface area contributed by atoms with Crippen molar-refractivity contribution in [1.29, 1.82) is 0 Å². The fourth-order valence-electron chi connectivity index (χ4n) is 2.96. The Morgan fingerprint density at radius 1 is 0.967 bits per heavy atom. The van der Waals surface area contributed by atoms with E-state index in [0.29, 0.717) is 11.0 Å². The van der Waals surface area contributed by atoms with Crippen LogP contribution in [0.3, 0.4) is 0 Å². The van der Waals surface area contributed by atoms with Crippen LogP contribution in [0.1, 0.15) is 13.8 Å². The molecule has 2 rings (SSSR count). The summed E-state index contributed by atoms with van der Waals surface area (Å²) in [7, 11) is -0.458. The van der Waals surface area contributed by atoms with Crippen molar-refractivity contribution in [2.24, 2.45) is 0 Å². The summed E-state index contributed by atoms with van der Waals surface area (Å²) in [5.41, 5.74) is 1.23. The van der Waals surface area contributed by atoms with Gasteiger partial charge in [-0.15, -0.1) is 0 Å². The second-order valence-corrected chi connectivity index (χ2v) is 9.05. The Kier molecular flexibility index (Phi) is 7.04. The third-order valence-electron chi connectivity index (χ3n) is 4.49. The van der Waals surface area contributed by atoms with E-state index in [1.54, 1.807) is 25.1 Å². The van der Waals surface area contributed by atoms with Gasteiger partial charge in [0.2, 0.25) is 5.91 Å². The first kappa shape index (κ1) is 23.2. The Morgan fingerprint density at radius 3 is 2.13 bits per heavy atom. The smallest absolute Gasteiger partial charge is 0.267 e. The van der Waals surface area contributed by atoms with Gasteiger partial charge in [0.15, 0.2) is 0 Å². The monoisotopic (exact) mass is 429 g/mol. The van der Waals surface area contributed by atoms with E-state index < -0.39 is 21.8 Å². The van der Waals surface area contributed by atoms with E-state index in [1.165, 1.54) is 13.0 Å². The summed E-state index contributed by atoms with van der Waals surface area (Å²) in [4.78, 5) is 26.3. The lowest BCUT2D eigenvalue weighted by molar-refractivity contribution is -0.123. The molecular weight excluding hydrogens is 402 g/mol. The minimum Gasteiger partial charge on any atom is -0.377 e. The van der Waals surface area contributed by atoms with Crippen LogP contribution in [0, 0.1) is 0 Å². The number of fused-ring (bicyclic) bond motifs is 1. The van der Waals surface area contributed by atoms with E-state index in [0.717, 1.165) is 15.4 Å². The number of nitrogens with one attached hydrogen (secondary N) is 1. The fraction of sp³-hybridized carbons (Fsp3) is 0.273. The lowest BCUT2D eigenvalue weighted by atomic mass is 10.1. The molecule has 0 aliphatic carbocycles. The van der Waals surface area contributed by atoms with Crippen molar-refractivity contribution in [1.82, 2.24) is 9.62 Å². The molecule has 0 aliphatic rings. The number of carbonyl (C=O) groups is 2. The topological polar surface area (TPSA) is 86.8 Å². The molecule has 0 saturated heterocycles. The van der Waals surface area contributed by atoms with Gasteiger partial charge in [0, 0.05) is 48.2 Å². The lowest BCUT2D eigenvalue weighted by Gasteiger charge is -2.24. The van der Waals surface area contributed by atoms with Crippen molar-refractivity contribution < 1.29 is 18.0 Å². The van der Waals surface area contributed by atoms with Crippen LogP contribution in [0.15, 0.2) is 65.6 Å². The van der Waals surface area contributed by atoms with Crippen LogP contribution in [0.25, 0.3) is 10.8 Å². The predicted molar refractivity (Wildman–Crippen MR) is 120 cm³/mol. The van der Waals surface area contributed by atoms with Gasteiger partial charge in [-0.1, -0.05) is 37.4 Å². The SMILES string of the molecule is C=C(C)C(=O)NCCN(C(=O)C(=C)C)S(=O)(=O)c1cccc2c(N(C)C)cccc12. The van der Waals surface area contributed by atoms with Gasteiger partial charge in [-0.25, -0.2) is 12.7 Å². The Balaban J connectivity index is 2.54. The van der Waals surface area contributed by atoms with Gasteiger partial charge >= 0.3 is 0 Å². The average Bonchev–Trinajstić information content (AvgIpc) is 2.68. The van der Waals surface area contributed by atoms with Crippen molar-refractivity contribution in [2.75, 3.05) is 32.1 Å². The molecule has 0 unspecified atom stereocenters. The molecule has 2 aromatic rings. The molecule has 0 atom stereocenters. The summed E-state index contributed by atoms with van der Waals surface area (Å²) in [6.45, 7) is 9.85. The second-order valence-electron chi connectivity index (χ2n) is 7.22. The summed E-state index contributed by atoms with van der Waals surface area (Å²) in [6, 6.07) is 10.3. The van der Waals surface area contributed by atoms with Crippen LogP contribution in [0.2, 0.25) is 0 Å². The van der Waals surface area contributed by atoms with Gasteiger partial charge < -0.3 is 10.2 Å². The summed E-state index contributed by atoms with van der Waals surface area (Å²) in [5.74, 6) is -1.13. The lowest BCUT2D eigenvalue weighted by Crippen LogP contribution is -2.42. The normalized spacial score (nSPS) is 11.1. The third kappa shape index (κ3) is 4.71. The minimum atomic E-state index is -4.20. The molecule has 1 N–H and O–H groups in total. The highest BCUT2D eigenvalue weighted by Gasteiger charge is 2.31. The molecule has 0 aliphatic heterocycles. The number of sulfonamides is 1. The molecular formula is C22H27N3O4S. The molecule has 0 bridgehead atoms. The van der Waals surface area contributed by atoms with Gasteiger partial charge in [-0.3, -0.25) is 9.59 Å². The molecule has 8 heteroatoms. The molecule has 2 amide bonds. The zero-order valence-electron chi connectivity index (χ0n) is 17.7. The zero-order chi connectivity index (χ0) is 22.6. The molecule has 0 heterocycles. The van der Waals surface area contributed by atoms with Crippen molar-refractivity contribution in [2.45, 2.75) is 18.7 Å². The van der Waals surface area contributed by atoms with E-state index in [1.807, 2.05) is 31.1 Å². The highest BCUT2D eigenvalue weighted by Crippen LogP contribution is 2.31. The number of amides is 2.